The predicted molar refractivity (Wildman–Crippen MR) is 52.8 cm³/mol. The summed E-state index contributed by atoms with van der Waals surface area (Å²) in [5.41, 5.74) is 0. The molecule has 0 atom stereocenters. The quantitative estimate of drug-likeness (QED) is 0.363. The van der Waals surface area contributed by atoms with Crippen LogP contribution in [0.4, 0.5) is 0 Å². The van der Waals surface area contributed by atoms with Crippen LogP contribution < -0.4 is 34.3 Å². The van der Waals surface area contributed by atoms with E-state index in [4.69, 9.17) is 4.74 Å². The van der Waals surface area contributed by atoms with Crippen LogP contribution in [0.5, 0.6) is 11.5 Å². The molecule has 5 nitrogen and oxygen atoms in total. The Morgan fingerprint density at radius 2 is 1.94 bits per heavy atom. The Kier molecular flexibility index (Phi) is 7.01. The molecule has 0 saturated carbocycles. The second-order valence-corrected chi connectivity index (χ2v) is 4.46. The van der Waals surface area contributed by atoms with E-state index in [-0.39, 0.29) is 54.1 Å². The van der Waals surface area contributed by atoms with E-state index in [1.165, 1.54) is 6.07 Å². The van der Waals surface area contributed by atoms with Crippen LogP contribution >= 0.6 is 0 Å². The number of benzene rings is 1. The van der Waals surface area contributed by atoms with Gasteiger partial charge in [-0.05, 0) is 18.6 Å². The number of ether oxygens (including phenoxy) is 1. The van der Waals surface area contributed by atoms with Crippen LogP contribution in [0.1, 0.15) is 6.42 Å². The smallest absolute Gasteiger partial charge is 0.748 e. The Balaban J connectivity index is 0.00000225. The molecule has 1 rings (SSSR count). The molecule has 0 aromatic heterocycles. The van der Waals surface area contributed by atoms with Crippen LogP contribution in [0, 0.1) is 0 Å². The van der Waals surface area contributed by atoms with Crippen LogP contribution in [0.2, 0.25) is 0 Å². The fourth-order valence-electron chi connectivity index (χ4n) is 0.997. The van der Waals surface area contributed by atoms with Crippen LogP contribution in [-0.2, 0) is 10.1 Å². The summed E-state index contributed by atoms with van der Waals surface area (Å²) in [6.07, 6.45) is 0.111. The van der Waals surface area contributed by atoms with Gasteiger partial charge in [0.15, 0.2) is 11.5 Å². The molecule has 0 aliphatic rings. The van der Waals surface area contributed by atoms with Gasteiger partial charge in [-0.3, -0.25) is 0 Å². The standard InChI is InChI=1S/C9H12O5S.Na/c10-8-4-1-2-5-9(8)14-6-3-7-15(11,12)13;/h1-2,4-5,10H,3,6-7H2,(H,11,12,13);/q;+1/p-1. The first-order valence-electron chi connectivity index (χ1n) is 4.33. The topological polar surface area (TPSA) is 86.7 Å². The molecule has 16 heavy (non-hydrogen) atoms. The Labute approximate surface area is 116 Å². The second kappa shape index (κ2) is 7.13. The van der Waals surface area contributed by atoms with E-state index in [0.29, 0.717) is 0 Å². The van der Waals surface area contributed by atoms with Crippen molar-refractivity contribution in [2.45, 2.75) is 6.42 Å². The molecule has 0 heterocycles. The minimum atomic E-state index is -4.18. The van der Waals surface area contributed by atoms with Gasteiger partial charge in [0.2, 0.25) is 0 Å². The van der Waals surface area contributed by atoms with Crippen LogP contribution in [0.25, 0.3) is 0 Å². The van der Waals surface area contributed by atoms with Crippen molar-refractivity contribution in [1.29, 1.82) is 0 Å². The van der Waals surface area contributed by atoms with E-state index in [1.54, 1.807) is 18.2 Å². The molecule has 84 valence electrons. The normalized spacial score (nSPS) is 10.6. The largest absolute Gasteiger partial charge is 1.00 e. The molecule has 1 N–H and O–H groups in total. The molecular weight excluding hydrogens is 243 g/mol. The molecule has 1 aromatic carbocycles. The van der Waals surface area contributed by atoms with Crippen molar-refractivity contribution in [3.63, 3.8) is 0 Å². The van der Waals surface area contributed by atoms with E-state index in [0.717, 1.165) is 0 Å². The number of hydrogen-bond acceptors (Lipinski definition) is 5. The van der Waals surface area contributed by atoms with Gasteiger partial charge in [-0.25, -0.2) is 8.42 Å². The monoisotopic (exact) mass is 254 g/mol. The zero-order valence-electron chi connectivity index (χ0n) is 8.92. The van der Waals surface area contributed by atoms with Gasteiger partial charge in [0.05, 0.1) is 16.7 Å². The minimum Gasteiger partial charge on any atom is -0.748 e. The van der Waals surface area contributed by atoms with Gasteiger partial charge in [0, 0.05) is 5.75 Å². The summed E-state index contributed by atoms with van der Waals surface area (Å²) >= 11 is 0. The van der Waals surface area contributed by atoms with E-state index < -0.39 is 15.9 Å². The Bertz CT molecular complexity index is 418. The molecule has 0 saturated heterocycles. The van der Waals surface area contributed by atoms with Crippen molar-refractivity contribution < 1.29 is 52.4 Å². The van der Waals surface area contributed by atoms with E-state index >= 15 is 0 Å². The van der Waals surface area contributed by atoms with Crippen molar-refractivity contribution in [3.8, 4) is 11.5 Å². The zero-order chi connectivity index (χ0) is 11.3. The Morgan fingerprint density at radius 1 is 1.31 bits per heavy atom. The Hall–Kier alpha value is -0.270. The van der Waals surface area contributed by atoms with Crippen molar-refractivity contribution in [1.82, 2.24) is 0 Å². The van der Waals surface area contributed by atoms with Gasteiger partial charge in [-0.2, -0.15) is 0 Å². The van der Waals surface area contributed by atoms with Gasteiger partial charge in [0.1, 0.15) is 0 Å². The maximum absolute atomic E-state index is 10.2. The number of hydrogen-bond donors (Lipinski definition) is 1. The van der Waals surface area contributed by atoms with Gasteiger partial charge < -0.3 is 14.4 Å². The van der Waals surface area contributed by atoms with Crippen LogP contribution in [0.3, 0.4) is 0 Å². The molecule has 1 aromatic rings. The number of phenolic OH excluding ortho intramolecular Hbond substituents is 1. The predicted octanol–water partition coefficient (Wildman–Crippen LogP) is -2.29. The summed E-state index contributed by atoms with van der Waals surface area (Å²) in [7, 11) is -4.18. The van der Waals surface area contributed by atoms with Crippen LogP contribution in [-0.4, -0.2) is 30.4 Å². The first kappa shape index (κ1) is 15.7. The van der Waals surface area contributed by atoms with Gasteiger partial charge >= 0.3 is 29.6 Å². The molecule has 0 fully saturated rings. The molecule has 7 heteroatoms. The number of para-hydroxylation sites is 2. The van der Waals surface area contributed by atoms with E-state index in [2.05, 4.69) is 0 Å². The van der Waals surface area contributed by atoms with Crippen molar-refractivity contribution in [3.05, 3.63) is 24.3 Å². The van der Waals surface area contributed by atoms with Gasteiger partial charge in [0.25, 0.3) is 0 Å². The summed E-state index contributed by atoms with van der Waals surface area (Å²) < 4.78 is 35.8. The van der Waals surface area contributed by atoms with Crippen molar-refractivity contribution >= 4 is 10.1 Å². The van der Waals surface area contributed by atoms with Crippen molar-refractivity contribution in [2.75, 3.05) is 12.4 Å². The fraction of sp³-hybridized carbons (Fsp3) is 0.333. The van der Waals surface area contributed by atoms with Crippen LogP contribution in [0.15, 0.2) is 24.3 Å². The number of rotatable bonds is 5. The molecule has 0 aliphatic heterocycles. The minimum absolute atomic E-state index is 0. The summed E-state index contributed by atoms with van der Waals surface area (Å²) in [6, 6.07) is 6.34. The third-order valence-corrected chi connectivity index (χ3v) is 2.45. The summed E-state index contributed by atoms with van der Waals surface area (Å²) in [4.78, 5) is 0. The molecule has 0 amide bonds. The third kappa shape index (κ3) is 6.34. The molecule has 0 spiro atoms. The number of phenols is 1. The van der Waals surface area contributed by atoms with Gasteiger partial charge in [-0.1, -0.05) is 12.1 Å². The van der Waals surface area contributed by atoms with E-state index in [1.807, 2.05) is 0 Å². The summed E-state index contributed by atoms with van der Waals surface area (Å²) in [5.74, 6) is -0.191. The average molecular weight is 254 g/mol. The van der Waals surface area contributed by atoms with Gasteiger partial charge in [-0.15, -0.1) is 0 Å². The maximum Gasteiger partial charge on any atom is 1.00 e. The zero-order valence-corrected chi connectivity index (χ0v) is 11.7. The first-order chi connectivity index (χ1) is 6.99. The van der Waals surface area contributed by atoms with E-state index in [9.17, 15) is 18.1 Å². The maximum atomic E-state index is 10.2. The molecule has 0 bridgehead atoms. The molecule has 0 aliphatic carbocycles. The third-order valence-electron chi connectivity index (χ3n) is 1.66. The number of aromatic hydroxyl groups is 1. The molecular formula is C9H11NaO5S. The van der Waals surface area contributed by atoms with Crippen molar-refractivity contribution in [2.24, 2.45) is 0 Å². The first-order valence-corrected chi connectivity index (χ1v) is 5.91. The second-order valence-electron chi connectivity index (χ2n) is 2.93. The molecule has 0 radical (unpaired) electrons. The summed E-state index contributed by atoms with van der Waals surface area (Å²) in [6.45, 7) is 0.0824. The summed E-state index contributed by atoms with van der Waals surface area (Å²) in [5, 5.41) is 9.26. The molecule has 0 unspecified atom stereocenters. The Morgan fingerprint density at radius 3 is 2.50 bits per heavy atom. The SMILES string of the molecule is O=S(=O)([O-])CCCOc1ccccc1O.[Na+]. The fourth-order valence-corrected chi connectivity index (χ4v) is 1.47. The average Bonchev–Trinajstić information content (AvgIpc) is 2.13.